The highest BCUT2D eigenvalue weighted by Gasteiger charge is 2.56. The van der Waals surface area contributed by atoms with Gasteiger partial charge in [0.2, 0.25) is 5.72 Å². The summed E-state index contributed by atoms with van der Waals surface area (Å²) in [5.41, 5.74) is -0.687. The summed E-state index contributed by atoms with van der Waals surface area (Å²) >= 11 is 0. The fourth-order valence-corrected chi connectivity index (χ4v) is 3.14. The van der Waals surface area contributed by atoms with E-state index in [9.17, 15) is 14.7 Å². The molecule has 0 aromatic heterocycles. The molecule has 0 bridgehead atoms. The van der Waals surface area contributed by atoms with E-state index in [1.54, 1.807) is 48.5 Å². The lowest BCUT2D eigenvalue weighted by atomic mass is 9.99. The van der Waals surface area contributed by atoms with Gasteiger partial charge in [0.15, 0.2) is 6.10 Å². The quantitative estimate of drug-likeness (QED) is 0.560. The summed E-state index contributed by atoms with van der Waals surface area (Å²) in [5.74, 6) is -1.35. The minimum absolute atomic E-state index is 0.0322. The monoisotopic (exact) mass is 383 g/mol. The van der Waals surface area contributed by atoms with Gasteiger partial charge in [-0.2, -0.15) is 0 Å². The largest absolute Gasteiger partial charge is 0.497 e. The molecule has 7 nitrogen and oxygen atoms in total. The lowest BCUT2D eigenvalue weighted by Crippen LogP contribution is -2.47. The molecule has 2 N–H and O–H groups in total. The highest BCUT2D eigenvalue weighted by molar-refractivity contribution is 5.84. The molecule has 3 unspecified atom stereocenters. The second-order valence-electron chi connectivity index (χ2n) is 6.21. The van der Waals surface area contributed by atoms with Crippen LogP contribution in [0.2, 0.25) is 0 Å². The molecule has 0 amide bonds. The summed E-state index contributed by atoms with van der Waals surface area (Å²) in [7, 11) is 1.53. The van der Waals surface area contributed by atoms with Crippen molar-refractivity contribution in [3.05, 3.63) is 78.4 Å². The molecule has 3 rings (SSSR count). The maximum absolute atomic E-state index is 12.9. The Morgan fingerprint density at radius 2 is 1.89 bits per heavy atom. The van der Waals surface area contributed by atoms with Crippen LogP contribution in [0.25, 0.3) is 0 Å². The van der Waals surface area contributed by atoms with Gasteiger partial charge >= 0.3 is 11.9 Å². The van der Waals surface area contributed by atoms with Crippen LogP contribution in [0.3, 0.4) is 0 Å². The summed E-state index contributed by atoms with van der Waals surface area (Å²) in [6.45, 7) is 3.50. The highest BCUT2D eigenvalue weighted by atomic mass is 16.6. The summed E-state index contributed by atoms with van der Waals surface area (Å²) in [4.78, 5) is 24.8. The van der Waals surface area contributed by atoms with Gasteiger partial charge in [0.05, 0.1) is 13.2 Å². The van der Waals surface area contributed by atoms with Gasteiger partial charge in [-0.05, 0) is 17.7 Å². The molecule has 1 aliphatic rings. The number of hydrogen-bond acceptors (Lipinski definition) is 6. The minimum atomic E-state index is -1.78. The molecule has 2 aromatic rings. The first-order valence-electron chi connectivity index (χ1n) is 8.67. The molecular weight excluding hydrogens is 362 g/mol. The van der Waals surface area contributed by atoms with Crippen LogP contribution in [0.4, 0.5) is 0 Å². The molecule has 2 aromatic carbocycles. The molecule has 1 heterocycles. The predicted octanol–water partition coefficient (Wildman–Crippen LogP) is 2.39. The van der Waals surface area contributed by atoms with E-state index in [1.807, 2.05) is 6.07 Å². The van der Waals surface area contributed by atoms with Crippen molar-refractivity contribution >= 4 is 11.9 Å². The summed E-state index contributed by atoms with van der Waals surface area (Å²) in [6, 6.07) is 14.8. The third-order valence-electron chi connectivity index (χ3n) is 4.48. The topological polar surface area (TPSA) is 94.1 Å². The van der Waals surface area contributed by atoms with Gasteiger partial charge in [0.1, 0.15) is 12.4 Å². The fourth-order valence-electron chi connectivity index (χ4n) is 3.14. The Hall–Kier alpha value is -3.16. The van der Waals surface area contributed by atoms with Crippen molar-refractivity contribution in [2.24, 2.45) is 0 Å². The number of nitrogens with one attached hydrogen (secondary N) is 1. The Labute approximate surface area is 162 Å². The van der Waals surface area contributed by atoms with Crippen LogP contribution < -0.4 is 10.1 Å². The average Bonchev–Trinajstić information content (AvgIpc) is 3.15. The zero-order valence-electron chi connectivity index (χ0n) is 15.3. The van der Waals surface area contributed by atoms with E-state index >= 15 is 0 Å². The molecule has 146 valence electrons. The molecule has 7 heteroatoms. The fraction of sp³-hybridized carbons (Fsp3) is 0.238. The molecule has 0 radical (unpaired) electrons. The van der Waals surface area contributed by atoms with E-state index in [1.165, 1.54) is 13.2 Å². The highest BCUT2D eigenvalue weighted by Crippen LogP contribution is 2.40. The van der Waals surface area contributed by atoms with Crippen molar-refractivity contribution in [2.45, 2.75) is 17.9 Å². The predicted molar refractivity (Wildman–Crippen MR) is 101 cm³/mol. The maximum atomic E-state index is 12.9. The molecule has 1 fully saturated rings. The van der Waals surface area contributed by atoms with Gasteiger partial charge in [-0.15, -0.1) is 0 Å². The number of aliphatic carboxylic acids is 1. The van der Waals surface area contributed by atoms with Crippen molar-refractivity contribution in [2.75, 3.05) is 13.7 Å². The van der Waals surface area contributed by atoms with Crippen molar-refractivity contribution in [1.82, 2.24) is 5.32 Å². The van der Waals surface area contributed by atoms with Crippen molar-refractivity contribution in [3.8, 4) is 5.75 Å². The first kappa shape index (κ1) is 19.6. The van der Waals surface area contributed by atoms with E-state index in [0.29, 0.717) is 16.9 Å². The average molecular weight is 383 g/mol. The number of rotatable bonds is 7. The van der Waals surface area contributed by atoms with Crippen LogP contribution in [0.15, 0.2) is 67.3 Å². The zero-order chi connectivity index (χ0) is 20.1. The molecule has 28 heavy (non-hydrogen) atoms. The summed E-state index contributed by atoms with van der Waals surface area (Å²) in [5, 5.41) is 12.8. The van der Waals surface area contributed by atoms with E-state index in [2.05, 4.69) is 11.9 Å². The van der Waals surface area contributed by atoms with Crippen molar-refractivity contribution in [1.29, 1.82) is 0 Å². The standard InChI is InChI=1S/C21H21NO6/c1-3-13-27-20(25)21(15-9-11-16(26-2)12-10-15)22-17(18(28-21)19(23)24)14-7-5-4-6-8-14/h3-12,17-18,22H,1,13H2,2H3,(H,23,24). The van der Waals surface area contributed by atoms with Gasteiger partial charge in [-0.1, -0.05) is 55.1 Å². The summed E-state index contributed by atoms with van der Waals surface area (Å²) < 4.78 is 16.2. The Kier molecular flexibility index (Phi) is 5.77. The van der Waals surface area contributed by atoms with Crippen molar-refractivity contribution < 1.29 is 28.9 Å². The van der Waals surface area contributed by atoms with Crippen LogP contribution in [0.1, 0.15) is 17.2 Å². The molecule has 1 aliphatic heterocycles. The second-order valence-corrected chi connectivity index (χ2v) is 6.21. The van der Waals surface area contributed by atoms with Crippen LogP contribution in [-0.4, -0.2) is 36.9 Å². The number of esters is 1. The molecular formula is C21H21NO6. The van der Waals surface area contributed by atoms with E-state index in [0.717, 1.165) is 0 Å². The number of carboxylic acids is 1. The van der Waals surface area contributed by atoms with E-state index < -0.39 is 29.8 Å². The first-order chi connectivity index (χ1) is 13.5. The Balaban J connectivity index is 2.06. The van der Waals surface area contributed by atoms with Gasteiger partial charge < -0.3 is 19.3 Å². The van der Waals surface area contributed by atoms with Crippen molar-refractivity contribution in [3.63, 3.8) is 0 Å². The van der Waals surface area contributed by atoms with Gasteiger partial charge in [0.25, 0.3) is 0 Å². The molecule has 3 atom stereocenters. The van der Waals surface area contributed by atoms with Gasteiger partial charge in [-0.25, -0.2) is 9.59 Å². The van der Waals surface area contributed by atoms with Gasteiger partial charge in [-0.3, -0.25) is 5.32 Å². The first-order valence-corrected chi connectivity index (χ1v) is 8.67. The van der Waals surface area contributed by atoms with E-state index in [4.69, 9.17) is 14.2 Å². The SMILES string of the molecule is C=CCOC(=O)C1(c2ccc(OC)cc2)NC(c2ccccc2)C(C(=O)O)O1. The third-order valence-corrected chi connectivity index (χ3v) is 4.48. The van der Waals surface area contributed by atoms with Crippen LogP contribution in [-0.2, 0) is 24.8 Å². The number of benzene rings is 2. The molecule has 0 aliphatic carbocycles. The Morgan fingerprint density at radius 3 is 2.46 bits per heavy atom. The zero-order valence-corrected chi connectivity index (χ0v) is 15.3. The number of hydrogen-bond donors (Lipinski definition) is 2. The summed E-state index contributed by atoms with van der Waals surface area (Å²) in [6.07, 6.45) is 0.138. The minimum Gasteiger partial charge on any atom is -0.497 e. The van der Waals surface area contributed by atoms with Crippen LogP contribution >= 0.6 is 0 Å². The normalized spacial score (nSPS) is 23.8. The number of ether oxygens (including phenoxy) is 3. The van der Waals surface area contributed by atoms with Crippen LogP contribution in [0.5, 0.6) is 5.75 Å². The number of carboxylic acid groups (broad SMARTS) is 1. The lowest BCUT2D eigenvalue weighted by Gasteiger charge is -2.27. The van der Waals surface area contributed by atoms with E-state index in [-0.39, 0.29) is 6.61 Å². The van der Waals surface area contributed by atoms with Gasteiger partial charge in [0, 0.05) is 5.56 Å². The maximum Gasteiger partial charge on any atom is 0.359 e. The molecule has 1 saturated heterocycles. The third kappa shape index (κ3) is 3.62. The molecule has 0 saturated carbocycles. The second kappa shape index (κ2) is 8.24. The number of carbonyl (C=O) groups excluding carboxylic acids is 1. The van der Waals surface area contributed by atoms with Crippen LogP contribution in [0, 0.1) is 0 Å². The Morgan fingerprint density at radius 1 is 1.21 bits per heavy atom. The Bertz CT molecular complexity index is 851. The smallest absolute Gasteiger partial charge is 0.359 e. The number of methoxy groups -OCH3 is 1. The number of carbonyl (C=O) groups is 2. The molecule has 0 spiro atoms. The lowest BCUT2D eigenvalue weighted by molar-refractivity contribution is -0.179.